The van der Waals surface area contributed by atoms with Crippen molar-refractivity contribution >= 4 is 11.7 Å². The molecule has 0 bridgehead atoms. The zero-order valence-electron chi connectivity index (χ0n) is 15.8. The van der Waals surface area contributed by atoms with Crippen LogP contribution in [0.15, 0.2) is 30.6 Å². The molecule has 3 rings (SSSR count). The second kappa shape index (κ2) is 7.96. The predicted octanol–water partition coefficient (Wildman–Crippen LogP) is 1.48. The maximum absolute atomic E-state index is 13.3. The van der Waals surface area contributed by atoms with Crippen molar-refractivity contribution in [1.82, 2.24) is 24.9 Å². The van der Waals surface area contributed by atoms with Crippen molar-refractivity contribution in [1.29, 1.82) is 0 Å². The molecule has 0 saturated carbocycles. The zero-order chi connectivity index (χ0) is 19.6. The molecule has 2 aromatic heterocycles. The van der Waals surface area contributed by atoms with Crippen molar-refractivity contribution in [3.05, 3.63) is 30.6 Å². The van der Waals surface area contributed by atoms with E-state index in [0.29, 0.717) is 24.2 Å². The monoisotopic (exact) mass is 371 g/mol. The normalized spacial score (nSPS) is 20.9. The lowest BCUT2D eigenvalue weighted by Crippen LogP contribution is -2.45. The maximum atomic E-state index is 13.3. The van der Waals surface area contributed by atoms with Crippen LogP contribution in [0.2, 0.25) is 0 Å². The Hall–Kier alpha value is -2.61. The molecule has 1 saturated heterocycles. The molecule has 27 heavy (non-hydrogen) atoms. The molecule has 144 valence electrons. The third kappa shape index (κ3) is 3.90. The van der Waals surface area contributed by atoms with E-state index in [1.54, 1.807) is 19.3 Å². The molecule has 1 fully saturated rings. The van der Waals surface area contributed by atoms with Gasteiger partial charge in [-0.1, -0.05) is 32.1 Å². The Morgan fingerprint density at radius 3 is 2.70 bits per heavy atom. The Morgan fingerprint density at radius 1 is 1.30 bits per heavy atom. The Bertz CT molecular complexity index is 805. The van der Waals surface area contributed by atoms with Gasteiger partial charge < -0.3 is 10.0 Å². The number of carbonyl (C=O) groups excluding carboxylic acids is 2. The van der Waals surface area contributed by atoms with E-state index in [1.807, 2.05) is 32.0 Å². The standard InChI is InChI=1S/C19H25N5O3/c1-4-17(26)16-9-13(25)10-23(16)19(27)18(12(2)3)24-11-15(21-22-24)14-7-5-6-8-20-14/h5-8,11-13,16,18,25H,4,9-10H2,1-3H3/t13-,16+,18+/m1/s1. The van der Waals surface area contributed by atoms with Crippen LogP contribution in [0.3, 0.4) is 0 Å². The van der Waals surface area contributed by atoms with E-state index in [0.717, 1.165) is 0 Å². The summed E-state index contributed by atoms with van der Waals surface area (Å²) in [6.07, 6.45) is 3.32. The van der Waals surface area contributed by atoms with Gasteiger partial charge in [-0.15, -0.1) is 5.10 Å². The number of amides is 1. The predicted molar refractivity (Wildman–Crippen MR) is 98.6 cm³/mol. The van der Waals surface area contributed by atoms with Gasteiger partial charge in [0.15, 0.2) is 5.78 Å². The van der Waals surface area contributed by atoms with Crippen molar-refractivity contribution in [2.24, 2.45) is 5.92 Å². The second-order valence-corrected chi connectivity index (χ2v) is 7.20. The Balaban J connectivity index is 1.88. The first-order chi connectivity index (χ1) is 12.9. The summed E-state index contributed by atoms with van der Waals surface area (Å²) in [6, 6.07) is 4.33. The Morgan fingerprint density at radius 2 is 2.07 bits per heavy atom. The fraction of sp³-hybridized carbons (Fsp3) is 0.526. The van der Waals surface area contributed by atoms with Crippen LogP contribution in [-0.4, -0.2) is 60.4 Å². The Labute approximate surface area is 158 Å². The average Bonchev–Trinajstić information content (AvgIpc) is 3.28. The molecule has 8 nitrogen and oxygen atoms in total. The number of hydrogen-bond donors (Lipinski definition) is 1. The third-order valence-corrected chi connectivity index (χ3v) is 4.89. The fourth-order valence-corrected chi connectivity index (χ4v) is 3.52. The zero-order valence-corrected chi connectivity index (χ0v) is 15.8. The topological polar surface area (TPSA) is 101 Å². The first-order valence-electron chi connectivity index (χ1n) is 9.26. The number of aliphatic hydroxyl groups is 1. The number of ketones is 1. The molecule has 1 amide bonds. The fourth-order valence-electron chi connectivity index (χ4n) is 3.52. The number of β-amino-alcohol motifs (C(OH)–C–C–N with tert-alkyl or cyclic N) is 1. The molecule has 1 aliphatic heterocycles. The first kappa shape index (κ1) is 19.2. The number of Topliss-reactive ketones (excluding diaryl/α,β-unsaturated/α-hetero) is 1. The van der Waals surface area contributed by atoms with Crippen molar-refractivity contribution in [3.63, 3.8) is 0 Å². The highest BCUT2D eigenvalue weighted by molar-refractivity contribution is 5.91. The largest absolute Gasteiger partial charge is 0.391 e. The summed E-state index contributed by atoms with van der Waals surface area (Å²) in [5, 5.41) is 18.3. The number of aliphatic hydroxyl groups excluding tert-OH is 1. The summed E-state index contributed by atoms with van der Waals surface area (Å²) in [4.78, 5) is 31.3. The molecule has 0 radical (unpaired) electrons. The summed E-state index contributed by atoms with van der Waals surface area (Å²) in [5.74, 6) is -0.313. The van der Waals surface area contributed by atoms with Gasteiger partial charge in [0.2, 0.25) is 5.91 Å². The quantitative estimate of drug-likeness (QED) is 0.825. The third-order valence-electron chi connectivity index (χ3n) is 4.89. The van der Waals surface area contributed by atoms with Crippen LogP contribution in [0.25, 0.3) is 11.4 Å². The highest BCUT2D eigenvalue weighted by Crippen LogP contribution is 2.28. The average molecular weight is 371 g/mol. The lowest BCUT2D eigenvalue weighted by atomic mass is 10.0. The van der Waals surface area contributed by atoms with Crippen LogP contribution >= 0.6 is 0 Å². The van der Waals surface area contributed by atoms with Crippen molar-refractivity contribution in [3.8, 4) is 11.4 Å². The highest BCUT2D eigenvalue weighted by atomic mass is 16.3. The summed E-state index contributed by atoms with van der Waals surface area (Å²) >= 11 is 0. The SMILES string of the molecule is CCC(=O)[C@@H]1C[C@@H](O)CN1C(=O)[C@H](C(C)C)n1cc(-c2ccccn2)nn1. The van der Waals surface area contributed by atoms with Gasteiger partial charge >= 0.3 is 0 Å². The number of aromatic nitrogens is 4. The molecule has 1 aliphatic rings. The van der Waals surface area contributed by atoms with E-state index in [9.17, 15) is 14.7 Å². The minimum Gasteiger partial charge on any atom is -0.391 e. The lowest BCUT2D eigenvalue weighted by molar-refractivity contribution is -0.141. The summed E-state index contributed by atoms with van der Waals surface area (Å²) in [6.45, 7) is 5.79. The van der Waals surface area contributed by atoms with Crippen LogP contribution in [0, 0.1) is 5.92 Å². The van der Waals surface area contributed by atoms with Gasteiger partial charge in [-0.3, -0.25) is 14.6 Å². The molecule has 1 N–H and O–H groups in total. The van der Waals surface area contributed by atoms with Crippen LogP contribution in [0.5, 0.6) is 0 Å². The van der Waals surface area contributed by atoms with Crippen LogP contribution in [0.1, 0.15) is 39.7 Å². The molecule has 2 aromatic rings. The number of carbonyl (C=O) groups is 2. The second-order valence-electron chi connectivity index (χ2n) is 7.20. The molecule has 0 aliphatic carbocycles. The molecule has 3 heterocycles. The van der Waals surface area contributed by atoms with Gasteiger partial charge in [-0.25, -0.2) is 4.68 Å². The van der Waals surface area contributed by atoms with Gasteiger partial charge in [-0.2, -0.15) is 0 Å². The minimum atomic E-state index is -0.679. The van der Waals surface area contributed by atoms with Gasteiger partial charge in [0.1, 0.15) is 11.7 Å². The van der Waals surface area contributed by atoms with Crippen molar-refractivity contribution in [2.75, 3.05) is 6.54 Å². The Kier molecular flexibility index (Phi) is 5.65. The molecular weight excluding hydrogens is 346 g/mol. The van der Waals surface area contributed by atoms with Crippen LogP contribution in [-0.2, 0) is 9.59 Å². The molecule has 8 heteroatoms. The van der Waals surface area contributed by atoms with E-state index in [4.69, 9.17) is 0 Å². The van der Waals surface area contributed by atoms with E-state index in [1.165, 1.54) is 9.58 Å². The number of nitrogens with zero attached hydrogens (tertiary/aromatic N) is 5. The smallest absolute Gasteiger partial charge is 0.248 e. The molecule has 0 spiro atoms. The van der Waals surface area contributed by atoms with E-state index in [-0.39, 0.29) is 24.2 Å². The van der Waals surface area contributed by atoms with E-state index < -0.39 is 18.2 Å². The van der Waals surface area contributed by atoms with E-state index in [2.05, 4.69) is 15.3 Å². The molecule has 0 unspecified atom stereocenters. The number of hydrogen-bond acceptors (Lipinski definition) is 6. The number of likely N-dealkylation sites (tertiary alicyclic amines) is 1. The van der Waals surface area contributed by atoms with Gasteiger partial charge in [0, 0.05) is 25.6 Å². The summed E-state index contributed by atoms with van der Waals surface area (Å²) in [5.41, 5.74) is 1.26. The summed E-state index contributed by atoms with van der Waals surface area (Å²) < 4.78 is 1.54. The number of pyridine rings is 1. The molecule has 3 atom stereocenters. The van der Waals surface area contributed by atoms with E-state index >= 15 is 0 Å². The van der Waals surface area contributed by atoms with Crippen LogP contribution in [0.4, 0.5) is 0 Å². The van der Waals surface area contributed by atoms with Crippen molar-refractivity contribution < 1.29 is 14.7 Å². The lowest BCUT2D eigenvalue weighted by Gasteiger charge is -2.29. The molecular formula is C19H25N5O3. The number of rotatable bonds is 6. The van der Waals surface area contributed by atoms with Gasteiger partial charge in [0.25, 0.3) is 0 Å². The highest BCUT2D eigenvalue weighted by Gasteiger charge is 2.41. The first-order valence-corrected chi connectivity index (χ1v) is 9.26. The van der Waals surface area contributed by atoms with Crippen molar-refractivity contribution in [2.45, 2.75) is 51.8 Å². The minimum absolute atomic E-state index is 0.0322. The van der Waals surface area contributed by atoms with Gasteiger partial charge in [-0.05, 0) is 18.1 Å². The molecule has 0 aromatic carbocycles. The summed E-state index contributed by atoms with van der Waals surface area (Å²) in [7, 11) is 0. The maximum Gasteiger partial charge on any atom is 0.248 e. The van der Waals surface area contributed by atoms with Gasteiger partial charge in [0.05, 0.1) is 24.0 Å². The van der Waals surface area contributed by atoms with Crippen LogP contribution < -0.4 is 0 Å².